The van der Waals surface area contributed by atoms with Crippen LogP contribution in [0.4, 0.5) is 0 Å². The van der Waals surface area contributed by atoms with E-state index in [2.05, 4.69) is 30.0 Å². The molecule has 0 aliphatic carbocycles. The Morgan fingerprint density at radius 3 is 2.79 bits per heavy atom. The molecular formula is C11H21N3. The van der Waals surface area contributed by atoms with E-state index in [-0.39, 0.29) is 0 Å². The van der Waals surface area contributed by atoms with Gasteiger partial charge in [0.2, 0.25) is 0 Å². The molecule has 0 spiro atoms. The van der Waals surface area contributed by atoms with E-state index in [9.17, 15) is 0 Å². The Labute approximate surface area is 87.3 Å². The Bertz CT molecular complexity index is 195. The molecule has 1 fully saturated rings. The third kappa shape index (κ3) is 3.65. The van der Waals surface area contributed by atoms with E-state index in [0.717, 1.165) is 12.5 Å². The zero-order valence-electron chi connectivity index (χ0n) is 9.37. The van der Waals surface area contributed by atoms with E-state index in [1.807, 2.05) is 0 Å². The number of hydrogen-bond donors (Lipinski definition) is 0. The first-order valence-corrected chi connectivity index (χ1v) is 5.49. The van der Waals surface area contributed by atoms with Crippen molar-refractivity contribution in [3.05, 3.63) is 0 Å². The normalized spacial score (nSPS) is 22.9. The average molecular weight is 195 g/mol. The van der Waals surface area contributed by atoms with Gasteiger partial charge in [-0.15, -0.1) is 0 Å². The SMILES string of the molecule is CN(C)C1CCN(CCCCC#N)C1. The second-order valence-corrected chi connectivity index (χ2v) is 4.32. The number of likely N-dealkylation sites (N-methyl/N-ethyl adjacent to an activating group) is 1. The molecular weight excluding hydrogens is 174 g/mol. The Balaban J connectivity index is 2.08. The van der Waals surface area contributed by atoms with Crippen LogP contribution in [0.2, 0.25) is 0 Å². The van der Waals surface area contributed by atoms with E-state index < -0.39 is 0 Å². The summed E-state index contributed by atoms with van der Waals surface area (Å²) < 4.78 is 0. The molecule has 1 aliphatic rings. The number of hydrogen-bond acceptors (Lipinski definition) is 3. The van der Waals surface area contributed by atoms with Crippen molar-refractivity contribution < 1.29 is 0 Å². The zero-order chi connectivity index (χ0) is 10.4. The van der Waals surface area contributed by atoms with Gasteiger partial charge in [0.1, 0.15) is 0 Å². The molecule has 1 rings (SSSR count). The van der Waals surface area contributed by atoms with Crippen molar-refractivity contribution in [3.8, 4) is 6.07 Å². The van der Waals surface area contributed by atoms with E-state index in [1.165, 1.54) is 32.5 Å². The van der Waals surface area contributed by atoms with Gasteiger partial charge in [0.25, 0.3) is 0 Å². The van der Waals surface area contributed by atoms with Gasteiger partial charge in [-0.1, -0.05) is 0 Å². The first kappa shape index (κ1) is 11.5. The molecule has 0 N–H and O–H groups in total. The van der Waals surface area contributed by atoms with Gasteiger partial charge in [-0.2, -0.15) is 5.26 Å². The Kier molecular flexibility index (Phi) is 4.92. The highest BCUT2D eigenvalue weighted by molar-refractivity contribution is 4.80. The minimum atomic E-state index is 0.713. The summed E-state index contributed by atoms with van der Waals surface area (Å²) in [6, 6.07) is 2.93. The molecule has 1 atom stereocenters. The third-order valence-corrected chi connectivity index (χ3v) is 2.99. The van der Waals surface area contributed by atoms with E-state index in [1.54, 1.807) is 0 Å². The van der Waals surface area contributed by atoms with E-state index in [0.29, 0.717) is 6.42 Å². The molecule has 1 saturated heterocycles. The minimum Gasteiger partial charge on any atom is -0.305 e. The van der Waals surface area contributed by atoms with Crippen LogP contribution in [0.15, 0.2) is 0 Å². The lowest BCUT2D eigenvalue weighted by atomic mass is 10.2. The molecule has 1 unspecified atom stereocenters. The van der Waals surface area contributed by atoms with E-state index >= 15 is 0 Å². The van der Waals surface area contributed by atoms with Crippen molar-refractivity contribution in [2.75, 3.05) is 33.7 Å². The second-order valence-electron chi connectivity index (χ2n) is 4.32. The average Bonchev–Trinajstić information content (AvgIpc) is 2.61. The second kappa shape index (κ2) is 6.00. The van der Waals surface area contributed by atoms with Crippen LogP contribution in [0.5, 0.6) is 0 Å². The summed E-state index contributed by atoms with van der Waals surface area (Å²) in [5, 5.41) is 8.40. The van der Waals surface area contributed by atoms with Crippen molar-refractivity contribution >= 4 is 0 Å². The topological polar surface area (TPSA) is 30.3 Å². The molecule has 0 aromatic heterocycles. The smallest absolute Gasteiger partial charge is 0.0621 e. The maximum Gasteiger partial charge on any atom is 0.0621 e. The lowest BCUT2D eigenvalue weighted by Gasteiger charge is -2.20. The molecule has 80 valence electrons. The van der Waals surface area contributed by atoms with Gasteiger partial charge >= 0.3 is 0 Å². The van der Waals surface area contributed by atoms with Crippen LogP contribution in [-0.2, 0) is 0 Å². The van der Waals surface area contributed by atoms with Crippen molar-refractivity contribution in [1.82, 2.24) is 9.80 Å². The monoisotopic (exact) mass is 195 g/mol. The molecule has 0 saturated carbocycles. The highest BCUT2D eigenvalue weighted by Crippen LogP contribution is 2.13. The highest BCUT2D eigenvalue weighted by Gasteiger charge is 2.22. The summed E-state index contributed by atoms with van der Waals surface area (Å²) in [6.45, 7) is 3.61. The largest absolute Gasteiger partial charge is 0.305 e. The number of likely N-dealkylation sites (tertiary alicyclic amines) is 1. The molecule has 0 aromatic carbocycles. The first-order valence-electron chi connectivity index (χ1n) is 5.49. The minimum absolute atomic E-state index is 0.713. The van der Waals surface area contributed by atoms with Gasteiger partial charge in [0, 0.05) is 19.0 Å². The number of unbranched alkanes of at least 4 members (excludes halogenated alkanes) is 2. The molecule has 1 aliphatic heterocycles. The van der Waals surface area contributed by atoms with Crippen molar-refractivity contribution in [1.29, 1.82) is 5.26 Å². The molecule has 3 heteroatoms. The van der Waals surface area contributed by atoms with Crippen LogP contribution in [0, 0.1) is 11.3 Å². The maximum atomic E-state index is 8.40. The fourth-order valence-corrected chi connectivity index (χ4v) is 1.98. The number of rotatable bonds is 5. The summed E-state index contributed by atoms with van der Waals surface area (Å²) in [5.74, 6) is 0. The third-order valence-electron chi connectivity index (χ3n) is 2.99. The zero-order valence-corrected chi connectivity index (χ0v) is 9.37. The Morgan fingerprint density at radius 1 is 1.43 bits per heavy atom. The lowest BCUT2D eigenvalue weighted by molar-refractivity contribution is 0.266. The quantitative estimate of drug-likeness (QED) is 0.620. The molecule has 0 radical (unpaired) electrons. The Morgan fingerprint density at radius 2 is 2.21 bits per heavy atom. The molecule has 3 nitrogen and oxygen atoms in total. The van der Waals surface area contributed by atoms with Crippen LogP contribution in [0.1, 0.15) is 25.7 Å². The summed E-state index contributed by atoms with van der Waals surface area (Å²) >= 11 is 0. The standard InChI is InChI=1S/C11H21N3/c1-13(2)11-6-9-14(10-11)8-5-3-4-7-12/h11H,3-6,8-10H2,1-2H3. The molecule has 0 aromatic rings. The molecule has 0 amide bonds. The highest BCUT2D eigenvalue weighted by atomic mass is 15.2. The van der Waals surface area contributed by atoms with Crippen LogP contribution in [-0.4, -0.2) is 49.6 Å². The van der Waals surface area contributed by atoms with Gasteiger partial charge in [-0.05, 0) is 46.4 Å². The van der Waals surface area contributed by atoms with Crippen molar-refractivity contribution in [3.63, 3.8) is 0 Å². The van der Waals surface area contributed by atoms with Crippen molar-refractivity contribution in [2.45, 2.75) is 31.7 Å². The van der Waals surface area contributed by atoms with Gasteiger partial charge in [0.15, 0.2) is 0 Å². The maximum absolute atomic E-state index is 8.40. The molecule has 0 bridgehead atoms. The number of nitriles is 1. The van der Waals surface area contributed by atoms with Crippen LogP contribution in [0.25, 0.3) is 0 Å². The van der Waals surface area contributed by atoms with Crippen molar-refractivity contribution in [2.24, 2.45) is 0 Å². The summed E-state index contributed by atoms with van der Waals surface area (Å²) in [5.41, 5.74) is 0. The van der Waals surface area contributed by atoms with E-state index in [4.69, 9.17) is 5.26 Å². The first-order chi connectivity index (χ1) is 6.74. The number of nitrogens with zero attached hydrogens (tertiary/aromatic N) is 3. The predicted molar refractivity (Wildman–Crippen MR) is 58.0 cm³/mol. The van der Waals surface area contributed by atoms with Gasteiger partial charge in [-0.25, -0.2) is 0 Å². The fraction of sp³-hybridized carbons (Fsp3) is 0.909. The van der Waals surface area contributed by atoms with Crippen LogP contribution >= 0.6 is 0 Å². The Hall–Kier alpha value is -0.590. The van der Waals surface area contributed by atoms with Gasteiger partial charge in [0.05, 0.1) is 6.07 Å². The summed E-state index contributed by atoms with van der Waals surface area (Å²) in [6.07, 6.45) is 4.24. The predicted octanol–water partition coefficient (Wildman–Crippen LogP) is 1.32. The lowest BCUT2D eigenvalue weighted by Crippen LogP contribution is -2.31. The fourth-order valence-electron chi connectivity index (χ4n) is 1.98. The van der Waals surface area contributed by atoms with Crippen LogP contribution in [0.3, 0.4) is 0 Å². The van der Waals surface area contributed by atoms with Gasteiger partial charge < -0.3 is 9.80 Å². The summed E-state index contributed by atoms with van der Waals surface area (Å²) in [4.78, 5) is 4.83. The van der Waals surface area contributed by atoms with Crippen LogP contribution < -0.4 is 0 Å². The summed E-state index contributed by atoms with van der Waals surface area (Å²) in [7, 11) is 4.31. The molecule has 14 heavy (non-hydrogen) atoms. The van der Waals surface area contributed by atoms with Gasteiger partial charge in [-0.3, -0.25) is 0 Å². The molecule has 1 heterocycles.